The van der Waals surface area contributed by atoms with E-state index in [1.807, 2.05) is 29.2 Å². The maximum Gasteiger partial charge on any atom is 0.259 e. The summed E-state index contributed by atoms with van der Waals surface area (Å²) in [5.74, 6) is 1.86. The summed E-state index contributed by atoms with van der Waals surface area (Å²) in [6.07, 6.45) is 5.38. The molecule has 1 saturated carbocycles. The van der Waals surface area contributed by atoms with Gasteiger partial charge in [-0.1, -0.05) is 25.0 Å². The fourth-order valence-electron chi connectivity index (χ4n) is 4.10. The van der Waals surface area contributed by atoms with Crippen LogP contribution >= 0.6 is 24.0 Å². The number of nitrogens with one attached hydrogen (secondary N) is 2. The summed E-state index contributed by atoms with van der Waals surface area (Å²) in [5, 5.41) is 6.77. The molecule has 178 valence electrons. The van der Waals surface area contributed by atoms with Crippen LogP contribution in [0.2, 0.25) is 0 Å². The molecule has 1 heterocycles. The van der Waals surface area contributed by atoms with Gasteiger partial charge in [0.25, 0.3) is 5.91 Å². The van der Waals surface area contributed by atoms with E-state index in [1.165, 1.54) is 17.7 Å². The number of aliphatic imine (C=N–C) groups is 1. The van der Waals surface area contributed by atoms with E-state index in [0.29, 0.717) is 24.2 Å². The zero-order valence-corrected chi connectivity index (χ0v) is 21.6. The lowest BCUT2D eigenvalue weighted by Crippen LogP contribution is -2.45. The molecule has 2 aliphatic rings. The van der Waals surface area contributed by atoms with Gasteiger partial charge < -0.3 is 25.2 Å². The minimum absolute atomic E-state index is 0. The summed E-state index contributed by atoms with van der Waals surface area (Å²) < 4.78 is 5.58. The first-order valence-corrected chi connectivity index (χ1v) is 11.1. The third-order valence-corrected chi connectivity index (χ3v) is 5.99. The average Bonchev–Trinajstić information content (AvgIpc) is 3.47. The van der Waals surface area contributed by atoms with Gasteiger partial charge in [0.1, 0.15) is 5.75 Å². The molecule has 0 aromatic heterocycles. The number of carbonyl (C=O) groups excluding carboxylic acids is 2. The van der Waals surface area contributed by atoms with Crippen molar-refractivity contribution in [2.75, 3.05) is 40.8 Å². The van der Waals surface area contributed by atoms with Gasteiger partial charge in [0.05, 0.1) is 0 Å². The van der Waals surface area contributed by atoms with E-state index >= 15 is 0 Å². The van der Waals surface area contributed by atoms with Gasteiger partial charge in [0, 0.05) is 52.7 Å². The predicted molar refractivity (Wildman–Crippen MR) is 136 cm³/mol. The predicted octanol–water partition coefficient (Wildman–Crippen LogP) is 2.23. The van der Waals surface area contributed by atoms with Crippen LogP contribution in [-0.4, -0.2) is 74.5 Å². The van der Waals surface area contributed by atoms with Gasteiger partial charge in [-0.3, -0.25) is 14.6 Å². The molecule has 0 radical (unpaired) electrons. The van der Waals surface area contributed by atoms with Crippen LogP contribution in [0.25, 0.3) is 0 Å². The van der Waals surface area contributed by atoms with Crippen LogP contribution in [0, 0.1) is 5.92 Å². The number of nitrogens with zero attached hydrogens (tertiary/aromatic N) is 3. The Kier molecular flexibility index (Phi) is 10.5. The van der Waals surface area contributed by atoms with E-state index in [9.17, 15) is 9.59 Å². The molecule has 0 spiro atoms. The molecule has 1 aliphatic heterocycles. The molecule has 1 unspecified atom stereocenters. The fourth-order valence-corrected chi connectivity index (χ4v) is 4.10. The Morgan fingerprint density at radius 2 is 1.97 bits per heavy atom. The Morgan fingerprint density at radius 1 is 1.22 bits per heavy atom. The van der Waals surface area contributed by atoms with Gasteiger partial charge >= 0.3 is 0 Å². The van der Waals surface area contributed by atoms with Crippen molar-refractivity contribution < 1.29 is 14.3 Å². The average molecular weight is 557 g/mol. The van der Waals surface area contributed by atoms with Gasteiger partial charge in [-0.15, -0.1) is 24.0 Å². The van der Waals surface area contributed by atoms with Crippen LogP contribution in [0.4, 0.5) is 0 Å². The van der Waals surface area contributed by atoms with Crippen molar-refractivity contribution in [3.63, 3.8) is 0 Å². The molecule has 0 bridgehead atoms. The number of amides is 2. The standard InChI is InChI=1S/C23H35N5O3.HI/c1-24-23(26-19-11-12-28(15-19)22(30)18-8-4-5-9-18)25-14-17-7-6-10-20(13-17)31-16-21(29)27(2)3;/h6-7,10,13,18-19H,4-5,8-9,11-12,14-16H2,1-3H3,(H2,24,25,26);1H. The number of halogens is 1. The number of likely N-dealkylation sites (tertiary alicyclic amines) is 1. The molecular weight excluding hydrogens is 521 g/mol. The minimum Gasteiger partial charge on any atom is -0.484 e. The number of benzene rings is 1. The monoisotopic (exact) mass is 557 g/mol. The molecule has 8 nitrogen and oxygen atoms in total. The number of carbonyl (C=O) groups is 2. The molecule has 9 heteroatoms. The molecule has 2 N–H and O–H groups in total. The van der Waals surface area contributed by atoms with Crippen molar-refractivity contribution in [1.29, 1.82) is 0 Å². The topological polar surface area (TPSA) is 86.3 Å². The van der Waals surface area contributed by atoms with Crippen LogP contribution < -0.4 is 15.4 Å². The molecule has 1 saturated heterocycles. The molecule has 2 amide bonds. The van der Waals surface area contributed by atoms with Gasteiger partial charge in [0.15, 0.2) is 12.6 Å². The zero-order chi connectivity index (χ0) is 22.2. The van der Waals surface area contributed by atoms with Gasteiger partial charge in [-0.25, -0.2) is 0 Å². The second-order valence-electron chi connectivity index (χ2n) is 8.55. The highest BCUT2D eigenvalue weighted by atomic mass is 127. The molecule has 1 aromatic carbocycles. The van der Waals surface area contributed by atoms with E-state index in [4.69, 9.17) is 4.74 Å². The van der Waals surface area contributed by atoms with Crippen molar-refractivity contribution in [3.8, 4) is 5.75 Å². The second kappa shape index (κ2) is 12.9. The number of hydrogen-bond acceptors (Lipinski definition) is 4. The summed E-state index contributed by atoms with van der Waals surface area (Å²) >= 11 is 0. The van der Waals surface area contributed by atoms with E-state index < -0.39 is 0 Å². The maximum atomic E-state index is 12.6. The van der Waals surface area contributed by atoms with Crippen molar-refractivity contribution in [3.05, 3.63) is 29.8 Å². The Morgan fingerprint density at radius 3 is 2.66 bits per heavy atom. The van der Waals surface area contributed by atoms with E-state index in [-0.39, 0.29) is 48.5 Å². The van der Waals surface area contributed by atoms with Crippen LogP contribution in [0.15, 0.2) is 29.3 Å². The lowest BCUT2D eigenvalue weighted by atomic mass is 10.1. The van der Waals surface area contributed by atoms with Gasteiger partial charge in [0.2, 0.25) is 5.91 Å². The molecule has 3 rings (SSSR count). The van der Waals surface area contributed by atoms with Crippen LogP contribution in [0.1, 0.15) is 37.7 Å². The van der Waals surface area contributed by atoms with Gasteiger partial charge in [-0.05, 0) is 37.0 Å². The fraction of sp³-hybridized carbons (Fsp3) is 0.609. The normalized spacial score (nSPS) is 18.8. The molecule has 1 aliphatic carbocycles. The maximum absolute atomic E-state index is 12.6. The SMILES string of the molecule is CN=C(NCc1cccc(OCC(=O)N(C)C)c1)NC1CCN(C(=O)C2CCCC2)C1.I. The molecular formula is C23H36IN5O3. The lowest BCUT2D eigenvalue weighted by molar-refractivity contribution is -0.134. The first-order chi connectivity index (χ1) is 15.0. The van der Waals surface area contributed by atoms with E-state index in [1.54, 1.807) is 21.1 Å². The molecule has 1 aromatic rings. The summed E-state index contributed by atoms with van der Waals surface area (Å²) in [6.45, 7) is 2.15. The molecule has 32 heavy (non-hydrogen) atoms. The third-order valence-electron chi connectivity index (χ3n) is 5.99. The number of ether oxygens (including phenoxy) is 1. The highest BCUT2D eigenvalue weighted by Crippen LogP contribution is 2.27. The van der Waals surface area contributed by atoms with Crippen molar-refractivity contribution >= 4 is 41.8 Å². The molecule has 1 atom stereocenters. The quantitative estimate of drug-likeness (QED) is 0.305. The first-order valence-electron chi connectivity index (χ1n) is 11.1. The Bertz CT molecular complexity index is 796. The van der Waals surface area contributed by atoms with Gasteiger partial charge in [-0.2, -0.15) is 0 Å². The third kappa shape index (κ3) is 7.53. The van der Waals surface area contributed by atoms with Crippen molar-refractivity contribution in [1.82, 2.24) is 20.4 Å². The van der Waals surface area contributed by atoms with Crippen molar-refractivity contribution in [2.45, 2.75) is 44.7 Å². The highest BCUT2D eigenvalue weighted by Gasteiger charge is 2.32. The summed E-state index contributed by atoms with van der Waals surface area (Å²) in [4.78, 5) is 32.2. The smallest absolute Gasteiger partial charge is 0.259 e. The Balaban J connectivity index is 0.00000363. The number of rotatable bonds is 7. The van der Waals surface area contributed by atoms with Crippen LogP contribution in [0.5, 0.6) is 5.75 Å². The highest BCUT2D eigenvalue weighted by molar-refractivity contribution is 14.0. The Labute approximate surface area is 208 Å². The number of hydrogen-bond donors (Lipinski definition) is 2. The van der Waals surface area contributed by atoms with E-state index in [0.717, 1.165) is 37.9 Å². The van der Waals surface area contributed by atoms with E-state index in [2.05, 4.69) is 15.6 Å². The minimum atomic E-state index is -0.0786. The largest absolute Gasteiger partial charge is 0.484 e. The lowest BCUT2D eigenvalue weighted by Gasteiger charge is -2.21. The zero-order valence-electron chi connectivity index (χ0n) is 19.3. The summed E-state index contributed by atoms with van der Waals surface area (Å²) in [5.41, 5.74) is 1.03. The Hall–Kier alpha value is -2.04. The molecule has 2 fully saturated rings. The summed E-state index contributed by atoms with van der Waals surface area (Å²) in [7, 11) is 5.16. The first kappa shape index (κ1) is 26.2. The van der Waals surface area contributed by atoms with Crippen molar-refractivity contribution in [2.24, 2.45) is 10.9 Å². The second-order valence-corrected chi connectivity index (χ2v) is 8.55. The van der Waals surface area contributed by atoms with Crippen LogP contribution in [0.3, 0.4) is 0 Å². The number of likely N-dealkylation sites (N-methyl/N-ethyl adjacent to an activating group) is 1. The number of guanidine groups is 1. The van der Waals surface area contributed by atoms with Crippen LogP contribution in [-0.2, 0) is 16.1 Å². The summed E-state index contributed by atoms with van der Waals surface area (Å²) in [6, 6.07) is 7.88.